The van der Waals surface area contributed by atoms with Crippen molar-refractivity contribution >= 4 is 29.1 Å². The molecule has 2 aliphatic heterocycles. The molecule has 0 bridgehead atoms. The second kappa shape index (κ2) is 5.65. The summed E-state index contributed by atoms with van der Waals surface area (Å²) in [5, 5.41) is 0. The van der Waals surface area contributed by atoms with E-state index in [-0.39, 0.29) is 23.5 Å². The molecule has 2 amide bonds. The number of Topliss-reactive ketones (excluding diaryl/α,β-unsaturated/α-hetero) is 1. The molecule has 1 aliphatic carbocycles. The summed E-state index contributed by atoms with van der Waals surface area (Å²) >= 11 is 0. The minimum atomic E-state index is -0.0214. The van der Waals surface area contributed by atoms with Crippen molar-refractivity contribution in [2.24, 2.45) is 5.92 Å². The Morgan fingerprint density at radius 1 is 1.15 bits per heavy atom. The van der Waals surface area contributed by atoms with Crippen molar-refractivity contribution in [3.63, 3.8) is 0 Å². The average molecular weight is 352 g/mol. The fourth-order valence-electron chi connectivity index (χ4n) is 4.32. The molecule has 2 aromatic rings. The standard InChI is InChI=1S/C19H20N4O3/c24-11-21-6-8-22(9-7-21)19(26)14-10-13(14)18-20-15-3-1-2-12-16(25)4-5-23(18)17(12)15/h1-3,11,13-14H,4-10H2. The maximum Gasteiger partial charge on any atom is 0.226 e. The Hall–Kier alpha value is -2.70. The predicted molar refractivity (Wildman–Crippen MR) is 93.7 cm³/mol. The number of aryl methyl sites for hydroxylation is 1. The van der Waals surface area contributed by atoms with Gasteiger partial charge in [-0.3, -0.25) is 14.4 Å². The van der Waals surface area contributed by atoms with E-state index in [9.17, 15) is 14.4 Å². The van der Waals surface area contributed by atoms with Gasteiger partial charge >= 0.3 is 0 Å². The van der Waals surface area contributed by atoms with E-state index in [0.29, 0.717) is 39.1 Å². The van der Waals surface area contributed by atoms with E-state index in [1.165, 1.54) is 0 Å². The fraction of sp³-hybridized carbons (Fsp3) is 0.474. The van der Waals surface area contributed by atoms with Crippen molar-refractivity contribution in [1.29, 1.82) is 0 Å². The van der Waals surface area contributed by atoms with Crippen LogP contribution in [0.1, 0.15) is 34.9 Å². The molecule has 1 saturated carbocycles. The van der Waals surface area contributed by atoms with Crippen LogP contribution in [0.25, 0.3) is 11.0 Å². The van der Waals surface area contributed by atoms with Gasteiger partial charge in [0.2, 0.25) is 12.3 Å². The fourth-order valence-corrected chi connectivity index (χ4v) is 4.32. The summed E-state index contributed by atoms with van der Waals surface area (Å²) in [6, 6.07) is 5.69. The van der Waals surface area contributed by atoms with Gasteiger partial charge in [0.25, 0.3) is 0 Å². The molecule has 7 nitrogen and oxygen atoms in total. The number of hydrogen-bond acceptors (Lipinski definition) is 4. The van der Waals surface area contributed by atoms with Gasteiger partial charge in [0.05, 0.1) is 11.0 Å². The second-order valence-electron chi connectivity index (χ2n) is 7.38. The van der Waals surface area contributed by atoms with E-state index in [1.54, 1.807) is 4.90 Å². The van der Waals surface area contributed by atoms with Crippen LogP contribution in [0, 0.1) is 5.92 Å². The molecular formula is C19H20N4O3. The topological polar surface area (TPSA) is 75.5 Å². The number of piperazine rings is 1. The number of rotatable bonds is 3. The highest BCUT2D eigenvalue weighted by Crippen LogP contribution is 2.49. The Labute approximate surface area is 150 Å². The average Bonchev–Trinajstić information content (AvgIpc) is 3.39. The Bertz CT molecular complexity index is 926. The van der Waals surface area contributed by atoms with Crippen LogP contribution in [0.2, 0.25) is 0 Å². The number of amides is 2. The molecule has 2 atom stereocenters. The number of benzene rings is 1. The first-order chi connectivity index (χ1) is 12.7. The molecule has 26 heavy (non-hydrogen) atoms. The van der Waals surface area contributed by atoms with Crippen molar-refractivity contribution in [1.82, 2.24) is 19.4 Å². The van der Waals surface area contributed by atoms with Gasteiger partial charge in [-0.1, -0.05) is 6.07 Å². The third-order valence-electron chi connectivity index (χ3n) is 5.87. The van der Waals surface area contributed by atoms with Gasteiger partial charge in [-0.15, -0.1) is 0 Å². The summed E-state index contributed by atoms with van der Waals surface area (Å²) in [6.45, 7) is 3.08. The summed E-state index contributed by atoms with van der Waals surface area (Å²) < 4.78 is 2.15. The number of aromatic nitrogens is 2. The molecular weight excluding hydrogens is 332 g/mol. The second-order valence-corrected chi connectivity index (χ2v) is 7.38. The Morgan fingerprint density at radius 2 is 1.96 bits per heavy atom. The van der Waals surface area contributed by atoms with Gasteiger partial charge in [-0.05, 0) is 18.6 Å². The van der Waals surface area contributed by atoms with Crippen molar-refractivity contribution in [2.45, 2.75) is 25.3 Å². The number of hydrogen-bond donors (Lipinski definition) is 0. The van der Waals surface area contributed by atoms with Gasteiger partial charge < -0.3 is 14.4 Å². The lowest BCUT2D eigenvalue weighted by atomic mass is 10.0. The lowest BCUT2D eigenvalue weighted by molar-refractivity contribution is -0.136. The molecule has 1 aromatic heterocycles. The Kier molecular flexibility index (Phi) is 3.38. The molecule has 2 unspecified atom stereocenters. The first-order valence-electron chi connectivity index (χ1n) is 9.18. The van der Waals surface area contributed by atoms with Gasteiger partial charge in [-0.2, -0.15) is 0 Å². The molecule has 1 aromatic carbocycles. The molecule has 0 radical (unpaired) electrons. The van der Waals surface area contributed by atoms with Crippen LogP contribution in [0.3, 0.4) is 0 Å². The molecule has 3 aliphatic rings. The van der Waals surface area contributed by atoms with Crippen LogP contribution < -0.4 is 0 Å². The van der Waals surface area contributed by atoms with Crippen molar-refractivity contribution in [3.05, 3.63) is 29.6 Å². The zero-order valence-corrected chi connectivity index (χ0v) is 14.4. The molecule has 7 heteroatoms. The molecule has 0 N–H and O–H groups in total. The molecule has 3 heterocycles. The molecule has 134 valence electrons. The summed E-state index contributed by atoms with van der Waals surface area (Å²) in [6.07, 6.45) is 2.16. The van der Waals surface area contributed by atoms with Crippen molar-refractivity contribution in [2.75, 3.05) is 26.2 Å². The van der Waals surface area contributed by atoms with Crippen molar-refractivity contribution < 1.29 is 14.4 Å². The molecule has 5 rings (SSSR count). The molecule has 1 saturated heterocycles. The maximum absolute atomic E-state index is 12.8. The summed E-state index contributed by atoms with van der Waals surface area (Å²) in [5.41, 5.74) is 2.53. The zero-order valence-electron chi connectivity index (χ0n) is 14.4. The van der Waals surface area contributed by atoms with E-state index in [1.807, 2.05) is 23.1 Å². The van der Waals surface area contributed by atoms with E-state index in [2.05, 4.69) is 4.57 Å². The number of nitrogens with zero attached hydrogens (tertiary/aromatic N) is 4. The monoisotopic (exact) mass is 352 g/mol. The zero-order chi connectivity index (χ0) is 17.8. The van der Waals surface area contributed by atoms with Crippen molar-refractivity contribution in [3.8, 4) is 0 Å². The lowest BCUT2D eigenvalue weighted by Gasteiger charge is -2.32. The van der Waals surface area contributed by atoms with Crippen LogP contribution in [-0.4, -0.2) is 63.6 Å². The third-order valence-corrected chi connectivity index (χ3v) is 5.87. The highest BCUT2D eigenvalue weighted by molar-refractivity contribution is 6.07. The smallest absolute Gasteiger partial charge is 0.226 e. The molecule has 2 fully saturated rings. The van der Waals surface area contributed by atoms with E-state index >= 15 is 0 Å². The minimum Gasteiger partial charge on any atom is -0.342 e. The summed E-state index contributed by atoms with van der Waals surface area (Å²) in [5.74, 6) is 1.41. The SMILES string of the molecule is O=CN1CCN(C(=O)C2CC2c2nc3cccc4c3n2CCC4=O)CC1. The number of ketones is 1. The maximum atomic E-state index is 12.8. The van der Waals surface area contributed by atoms with E-state index in [0.717, 1.165) is 35.3 Å². The van der Waals surface area contributed by atoms with E-state index in [4.69, 9.17) is 4.98 Å². The minimum absolute atomic E-state index is 0.0214. The molecule has 0 spiro atoms. The first-order valence-corrected chi connectivity index (χ1v) is 9.18. The van der Waals surface area contributed by atoms with Crippen LogP contribution in [0.15, 0.2) is 18.2 Å². The third kappa shape index (κ3) is 2.26. The van der Waals surface area contributed by atoms with Gasteiger partial charge in [0.1, 0.15) is 5.82 Å². The predicted octanol–water partition coefficient (Wildman–Crippen LogP) is 1.03. The van der Waals surface area contributed by atoms with Gasteiger partial charge in [0.15, 0.2) is 5.78 Å². The normalized spacial score (nSPS) is 24.8. The summed E-state index contributed by atoms with van der Waals surface area (Å²) in [4.78, 5) is 44.1. The Morgan fingerprint density at radius 3 is 2.73 bits per heavy atom. The highest BCUT2D eigenvalue weighted by Gasteiger charge is 2.49. The number of carbonyl (C=O) groups is 3. The van der Waals surface area contributed by atoms with Crippen LogP contribution in [-0.2, 0) is 16.1 Å². The first kappa shape index (κ1) is 15.5. The van der Waals surface area contributed by atoms with Crippen LogP contribution in [0.4, 0.5) is 0 Å². The number of carbonyl (C=O) groups excluding carboxylic acids is 3. The number of para-hydroxylation sites is 1. The largest absolute Gasteiger partial charge is 0.342 e. The lowest BCUT2D eigenvalue weighted by Crippen LogP contribution is -2.48. The highest BCUT2D eigenvalue weighted by atomic mass is 16.2. The van der Waals surface area contributed by atoms with Crippen LogP contribution in [0.5, 0.6) is 0 Å². The van der Waals surface area contributed by atoms with Crippen LogP contribution >= 0.6 is 0 Å². The van der Waals surface area contributed by atoms with Gasteiger partial charge in [-0.25, -0.2) is 4.98 Å². The van der Waals surface area contributed by atoms with E-state index < -0.39 is 0 Å². The number of imidazole rings is 1. The summed E-state index contributed by atoms with van der Waals surface area (Å²) in [7, 11) is 0. The quantitative estimate of drug-likeness (QED) is 0.773. The van der Waals surface area contributed by atoms with Gasteiger partial charge in [0, 0.05) is 56.5 Å². The Balaban J connectivity index is 1.39.